The van der Waals surface area contributed by atoms with E-state index < -0.39 is 0 Å². The molecule has 1 aromatic heterocycles. The molecule has 1 heterocycles. The minimum atomic E-state index is -0.379. The predicted octanol–water partition coefficient (Wildman–Crippen LogP) is 10.9. The number of nitrogens with zero attached hydrogens (tertiary/aromatic N) is 3. The molecule has 0 radical (unpaired) electrons. The molecule has 0 amide bonds. The number of hydrogen-bond acceptors (Lipinski definition) is 5. The third-order valence-corrected chi connectivity index (χ3v) is 8.40. The Hall–Kier alpha value is -4.39. The van der Waals surface area contributed by atoms with Crippen molar-refractivity contribution in [1.29, 1.82) is 0 Å². The summed E-state index contributed by atoms with van der Waals surface area (Å²) in [6.45, 7) is 18.6. The van der Waals surface area contributed by atoms with Gasteiger partial charge in [0.1, 0.15) is 28.8 Å². The Kier molecular flexibility index (Phi) is 12.3. The molecule has 0 unspecified atom stereocenters. The van der Waals surface area contributed by atoms with Crippen molar-refractivity contribution >= 4 is 0 Å². The monoisotopic (exact) mass is 659 g/mol. The average Bonchev–Trinajstić information content (AvgIpc) is 3.39. The lowest BCUT2D eigenvalue weighted by Crippen LogP contribution is -2.35. The Morgan fingerprint density at radius 2 is 1.27 bits per heavy atom. The van der Waals surface area contributed by atoms with Crippen LogP contribution in [0.4, 0.5) is 0 Å². The van der Waals surface area contributed by atoms with Gasteiger partial charge in [0.2, 0.25) is 0 Å². The van der Waals surface area contributed by atoms with E-state index in [9.17, 15) is 0 Å². The second-order valence-corrected chi connectivity index (χ2v) is 14.1. The van der Waals surface area contributed by atoms with E-state index in [1.165, 1.54) is 5.56 Å². The first-order valence-corrected chi connectivity index (χ1v) is 17.7. The Labute approximate surface area is 293 Å². The van der Waals surface area contributed by atoms with Crippen molar-refractivity contribution < 1.29 is 14.2 Å². The van der Waals surface area contributed by atoms with Crippen LogP contribution in [0.3, 0.4) is 0 Å². The van der Waals surface area contributed by atoms with E-state index in [0.717, 1.165) is 60.2 Å². The van der Waals surface area contributed by atoms with Crippen LogP contribution in [-0.4, -0.2) is 32.7 Å². The molecule has 6 nitrogen and oxygen atoms in total. The van der Waals surface area contributed by atoms with E-state index in [1.807, 2.05) is 66.7 Å². The van der Waals surface area contributed by atoms with Crippen molar-refractivity contribution in [3.8, 4) is 34.3 Å². The maximum absolute atomic E-state index is 6.44. The van der Waals surface area contributed by atoms with Crippen molar-refractivity contribution in [1.82, 2.24) is 14.5 Å². The number of hydrogen-bond donors (Lipinski definition) is 0. The molecule has 4 aromatic carbocycles. The summed E-state index contributed by atoms with van der Waals surface area (Å²) in [5, 5.41) is 0. The molecule has 49 heavy (non-hydrogen) atoms. The lowest BCUT2D eigenvalue weighted by atomic mass is 10.1. The van der Waals surface area contributed by atoms with Gasteiger partial charge in [-0.15, -0.1) is 0 Å². The summed E-state index contributed by atoms with van der Waals surface area (Å²) >= 11 is 0. The van der Waals surface area contributed by atoms with E-state index in [-0.39, 0.29) is 5.60 Å². The molecule has 258 valence electrons. The van der Waals surface area contributed by atoms with Crippen molar-refractivity contribution in [2.24, 2.45) is 5.92 Å². The largest absolute Gasteiger partial charge is 0.457 e. The van der Waals surface area contributed by atoms with Crippen LogP contribution < -0.4 is 9.47 Å². The fourth-order valence-corrected chi connectivity index (χ4v) is 5.95. The summed E-state index contributed by atoms with van der Waals surface area (Å²) in [6.07, 6.45) is 1.83. The minimum absolute atomic E-state index is 0.305. The van der Waals surface area contributed by atoms with Gasteiger partial charge in [-0.05, 0) is 82.0 Å². The van der Waals surface area contributed by atoms with Crippen molar-refractivity contribution in [3.63, 3.8) is 0 Å². The summed E-state index contributed by atoms with van der Waals surface area (Å²) in [6, 6.07) is 36.9. The molecule has 0 spiro atoms. The number of rotatable bonds is 17. The highest BCUT2D eigenvalue weighted by molar-refractivity contribution is 5.67. The number of imidazole rings is 1. The number of para-hydroxylation sites is 2. The van der Waals surface area contributed by atoms with Crippen LogP contribution in [0.2, 0.25) is 0 Å². The summed E-state index contributed by atoms with van der Waals surface area (Å²) in [7, 11) is 0. The highest BCUT2D eigenvalue weighted by Gasteiger charge is 2.28. The average molecular weight is 660 g/mol. The first kappa shape index (κ1) is 35.9. The SMILES string of the molecule is CCCOC(C)(C)Cn1c(CC(C)C)nc(-c2cc(Oc3ccccc3)cc(Oc3ccccc3)c2)c1CN(Cc1ccccc1)C(C)C. The van der Waals surface area contributed by atoms with E-state index >= 15 is 0 Å². The zero-order valence-electron chi connectivity index (χ0n) is 30.4. The van der Waals surface area contributed by atoms with Gasteiger partial charge in [0.05, 0.1) is 23.5 Å². The molecule has 0 aliphatic rings. The number of benzene rings is 4. The maximum atomic E-state index is 6.44. The molecular formula is C43H53N3O3. The number of ether oxygens (including phenoxy) is 3. The van der Waals surface area contributed by atoms with E-state index in [2.05, 4.69) is 100 Å². The standard InChI is InChI=1S/C43H53N3O3/c1-8-24-47-43(6,7)31-46-40(30-45(33(4)5)29-34-18-12-9-13-19-34)42(44-41(46)25-32(2)3)35-26-38(48-36-20-14-10-15-21-36)28-39(27-35)49-37-22-16-11-17-23-37/h9-23,26-28,32-33H,8,24-25,29-31H2,1-7H3. The molecular weight excluding hydrogens is 606 g/mol. The van der Waals surface area contributed by atoms with Crippen LogP contribution in [0.15, 0.2) is 109 Å². The van der Waals surface area contributed by atoms with Gasteiger partial charge in [0.25, 0.3) is 0 Å². The van der Waals surface area contributed by atoms with Gasteiger partial charge in [-0.25, -0.2) is 4.98 Å². The first-order valence-electron chi connectivity index (χ1n) is 17.7. The van der Waals surface area contributed by atoms with Gasteiger partial charge in [-0.1, -0.05) is 87.5 Å². The van der Waals surface area contributed by atoms with E-state index in [0.29, 0.717) is 36.6 Å². The quantitative estimate of drug-likeness (QED) is 0.0994. The van der Waals surface area contributed by atoms with Crippen molar-refractivity contribution in [2.45, 2.75) is 92.6 Å². The molecule has 5 aromatic rings. The van der Waals surface area contributed by atoms with Gasteiger partial charge >= 0.3 is 0 Å². The molecule has 0 atom stereocenters. The van der Waals surface area contributed by atoms with Gasteiger partial charge < -0.3 is 18.8 Å². The Morgan fingerprint density at radius 3 is 1.78 bits per heavy atom. The third kappa shape index (κ3) is 10.3. The maximum Gasteiger partial charge on any atom is 0.131 e. The lowest BCUT2D eigenvalue weighted by Gasteiger charge is -2.31. The highest BCUT2D eigenvalue weighted by Crippen LogP contribution is 2.37. The number of aromatic nitrogens is 2. The Balaban J connectivity index is 1.67. The van der Waals surface area contributed by atoms with Gasteiger partial charge in [0, 0.05) is 43.8 Å². The second-order valence-electron chi connectivity index (χ2n) is 14.1. The summed E-state index contributed by atoms with van der Waals surface area (Å²) < 4.78 is 21.7. The first-order chi connectivity index (χ1) is 23.6. The lowest BCUT2D eigenvalue weighted by molar-refractivity contribution is -0.0304. The normalized spacial score (nSPS) is 11.9. The molecule has 0 N–H and O–H groups in total. The summed E-state index contributed by atoms with van der Waals surface area (Å²) in [4.78, 5) is 8.00. The molecule has 0 fully saturated rings. The Morgan fingerprint density at radius 1 is 0.714 bits per heavy atom. The summed E-state index contributed by atoms with van der Waals surface area (Å²) in [5.41, 5.74) is 3.97. The molecule has 6 heteroatoms. The van der Waals surface area contributed by atoms with Gasteiger partial charge in [-0.2, -0.15) is 0 Å². The molecule has 0 bridgehead atoms. The Bertz CT molecular complexity index is 1670. The zero-order valence-corrected chi connectivity index (χ0v) is 30.4. The molecule has 0 aliphatic carbocycles. The third-order valence-electron chi connectivity index (χ3n) is 8.40. The van der Waals surface area contributed by atoms with E-state index in [1.54, 1.807) is 0 Å². The van der Waals surface area contributed by atoms with Gasteiger partial charge in [-0.3, -0.25) is 4.90 Å². The van der Waals surface area contributed by atoms with Crippen LogP contribution in [0.1, 0.15) is 72.0 Å². The second kappa shape index (κ2) is 16.8. The minimum Gasteiger partial charge on any atom is -0.457 e. The van der Waals surface area contributed by atoms with Crippen molar-refractivity contribution in [3.05, 3.63) is 126 Å². The van der Waals surface area contributed by atoms with Crippen molar-refractivity contribution in [2.75, 3.05) is 6.61 Å². The predicted molar refractivity (Wildman–Crippen MR) is 200 cm³/mol. The van der Waals surface area contributed by atoms with Crippen LogP contribution >= 0.6 is 0 Å². The topological polar surface area (TPSA) is 48.8 Å². The highest BCUT2D eigenvalue weighted by atomic mass is 16.5. The smallest absolute Gasteiger partial charge is 0.131 e. The van der Waals surface area contributed by atoms with E-state index in [4.69, 9.17) is 19.2 Å². The fraction of sp³-hybridized carbons (Fsp3) is 0.372. The molecule has 0 saturated carbocycles. The van der Waals surface area contributed by atoms with Crippen LogP contribution in [0.5, 0.6) is 23.0 Å². The molecule has 5 rings (SSSR count). The molecule has 0 aliphatic heterocycles. The molecule has 0 saturated heterocycles. The zero-order chi connectivity index (χ0) is 34.8. The van der Waals surface area contributed by atoms with Gasteiger partial charge in [0.15, 0.2) is 0 Å². The van der Waals surface area contributed by atoms with Crippen LogP contribution in [-0.2, 0) is 30.8 Å². The van der Waals surface area contributed by atoms with Crippen LogP contribution in [0, 0.1) is 5.92 Å². The summed E-state index contributed by atoms with van der Waals surface area (Å²) in [5.74, 6) is 4.41. The fourth-order valence-electron chi connectivity index (χ4n) is 5.95. The van der Waals surface area contributed by atoms with Crippen LogP contribution in [0.25, 0.3) is 11.3 Å².